The van der Waals surface area contributed by atoms with Crippen molar-refractivity contribution in [2.75, 3.05) is 0 Å². The number of aromatic hydroxyl groups is 2. The lowest BCUT2D eigenvalue weighted by molar-refractivity contribution is 0.0947. The van der Waals surface area contributed by atoms with E-state index in [9.17, 15) is 15.0 Å². The average Bonchev–Trinajstić information content (AvgIpc) is 2.77. The van der Waals surface area contributed by atoms with Crippen molar-refractivity contribution in [3.8, 4) is 11.5 Å². The fourth-order valence-corrected chi connectivity index (χ4v) is 1.41. The quantitative estimate of drug-likeness (QED) is 0.752. The Morgan fingerprint density at radius 2 is 1.94 bits per heavy atom. The molecule has 0 unspecified atom stereocenters. The number of hydrogen-bond donors (Lipinski definition) is 3. The molecule has 0 radical (unpaired) electrons. The number of carbonyl (C=O) groups is 1. The largest absolute Gasteiger partial charge is 0.508 e. The van der Waals surface area contributed by atoms with Crippen molar-refractivity contribution in [2.45, 2.75) is 6.54 Å². The molecule has 0 saturated carbocycles. The van der Waals surface area contributed by atoms with Gasteiger partial charge in [-0.05, 0) is 24.3 Å². The minimum absolute atomic E-state index is 0.159. The van der Waals surface area contributed by atoms with Crippen LogP contribution in [0.4, 0.5) is 0 Å². The van der Waals surface area contributed by atoms with E-state index >= 15 is 0 Å². The molecule has 0 saturated heterocycles. The van der Waals surface area contributed by atoms with Crippen LogP contribution in [0.1, 0.15) is 16.1 Å². The predicted molar refractivity (Wildman–Crippen MR) is 59.6 cm³/mol. The third-order valence-electron chi connectivity index (χ3n) is 2.17. The number of nitrogens with one attached hydrogen (secondary N) is 1. The maximum atomic E-state index is 11.7. The summed E-state index contributed by atoms with van der Waals surface area (Å²) in [6.45, 7) is 0.252. The highest BCUT2D eigenvalue weighted by Gasteiger charge is 2.08. The molecule has 0 aliphatic heterocycles. The second kappa shape index (κ2) is 4.61. The van der Waals surface area contributed by atoms with Gasteiger partial charge in [-0.15, -0.1) is 0 Å². The van der Waals surface area contributed by atoms with Gasteiger partial charge in [0.15, 0.2) is 0 Å². The van der Waals surface area contributed by atoms with E-state index in [0.29, 0.717) is 5.76 Å². The van der Waals surface area contributed by atoms with Gasteiger partial charge in [0.1, 0.15) is 17.3 Å². The van der Waals surface area contributed by atoms with E-state index in [1.165, 1.54) is 18.4 Å². The zero-order valence-corrected chi connectivity index (χ0v) is 8.88. The maximum absolute atomic E-state index is 11.7. The van der Waals surface area contributed by atoms with E-state index < -0.39 is 5.91 Å². The topological polar surface area (TPSA) is 82.7 Å². The van der Waals surface area contributed by atoms with Gasteiger partial charge in [-0.2, -0.15) is 0 Å². The number of rotatable bonds is 3. The molecular weight excluding hydrogens is 222 g/mol. The highest BCUT2D eigenvalue weighted by molar-refractivity contribution is 5.94. The molecule has 1 aromatic heterocycles. The third kappa shape index (κ3) is 2.78. The maximum Gasteiger partial charge on any atom is 0.251 e. The van der Waals surface area contributed by atoms with Gasteiger partial charge < -0.3 is 19.9 Å². The van der Waals surface area contributed by atoms with E-state index in [2.05, 4.69) is 5.32 Å². The van der Waals surface area contributed by atoms with Gasteiger partial charge in [0.2, 0.25) is 0 Å². The summed E-state index contributed by atoms with van der Waals surface area (Å²) in [4.78, 5) is 11.7. The van der Waals surface area contributed by atoms with Crippen molar-refractivity contribution in [3.63, 3.8) is 0 Å². The van der Waals surface area contributed by atoms with Gasteiger partial charge >= 0.3 is 0 Å². The summed E-state index contributed by atoms with van der Waals surface area (Å²) in [7, 11) is 0. The molecule has 0 aliphatic rings. The second-order valence-corrected chi connectivity index (χ2v) is 3.50. The molecule has 88 valence electrons. The molecule has 0 aliphatic carbocycles. The molecule has 5 nitrogen and oxygen atoms in total. The first-order valence-electron chi connectivity index (χ1n) is 4.99. The van der Waals surface area contributed by atoms with Crippen LogP contribution in [0, 0.1) is 0 Å². The lowest BCUT2D eigenvalue weighted by atomic mass is 10.2. The van der Waals surface area contributed by atoms with Crippen LogP contribution < -0.4 is 5.32 Å². The van der Waals surface area contributed by atoms with Crippen molar-refractivity contribution in [3.05, 3.63) is 47.9 Å². The first kappa shape index (κ1) is 11.1. The summed E-state index contributed by atoms with van der Waals surface area (Å²) >= 11 is 0. The van der Waals surface area contributed by atoms with Gasteiger partial charge in [-0.3, -0.25) is 4.79 Å². The van der Waals surface area contributed by atoms with Gasteiger partial charge in [0.25, 0.3) is 5.91 Å². The lowest BCUT2D eigenvalue weighted by Gasteiger charge is -2.04. The Hall–Kier alpha value is -2.43. The molecule has 0 fully saturated rings. The molecule has 2 aromatic rings. The Kier molecular flexibility index (Phi) is 3.00. The SMILES string of the molecule is O=C(NCc1ccco1)c1cc(O)cc(O)c1. The molecule has 3 N–H and O–H groups in total. The number of carbonyl (C=O) groups excluding carboxylic acids is 1. The summed E-state index contributed by atoms with van der Waals surface area (Å²) in [6, 6.07) is 7.17. The zero-order valence-electron chi connectivity index (χ0n) is 8.88. The van der Waals surface area contributed by atoms with Crippen LogP contribution in [-0.2, 0) is 6.54 Å². The number of furan rings is 1. The molecule has 17 heavy (non-hydrogen) atoms. The van der Waals surface area contributed by atoms with Crippen LogP contribution in [0.3, 0.4) is 0 Å². The van der Waals surface area contributed by atoms with Crippen molar-refractivity contribution in [1.82, 2.24) is 5.32 Å². The van der Waals surface area contributed by atoms with Gasteiger partial charge in [0.05, 0.1) is 12.8 Å². The first-order chi connectivity index (χ1) is 8.15. The number of hydrogen-bond acceptors (Lipinski definition) is 4. The lowest BCUT2D eigenvalue weighted by Crippen LogP contribution is -2.22. The smallest absolute Gasteiger partial charge is 0.251 e. The van der Waals surface area contributed by atoms with Gasteiger partial charge in [-0.25, -0.2) is 0 Å². The van der Waals surface area contributed by atoms with Crippen LogP contribution >= 0.6 is 0 Å². The van der Waals surface area contributed by atoms with Crippen LogP contribution in [0.25, 0.3) is 0 Å². The fraction of sp³-hybridized carbons (Fsp3) is 0.0833. The average molecular weight is 233 g/mol. The Morgan fingerprint density at radius 1 is 1.24 bits per heavy atom. The van der Waals surface area contributed by atoms with E-state index in [-0.39, 0.29) is 23.6 Å². The Bertz CT molecular complexity index is 499. The van der Waals surface area contributed by atoms with E-state index in [0.717, 1.165) is 6.07 Å². The normalized spacial score (nSPS) is 10.1. The Labute approximate surface area is 97.3 Å². The third-order valence-corrected chi connectivity index (χ3v) is 2.17. The molecule has 0 atom stereocenters. The molecule has 1 amide bonds. The zero-order chi connectivity index (χ0) is 12.3. The van der Waals surface area contributed by atoms with Crippen LogP contribution in [0.5, 0.6) is 11.5 Å². The predicted octanol–water partition coefficient (Wildman–Crippen LogP) is 1.62. The first-order valence-corrected chi connectivity index (χ1v) is 4.99. The number of phenols is 2. The summed E-state index contributed by atoms with van der Waals surface area (Å²) in [5.74, 6) is -0.0865. The van der Waals surface area contributed by atoms with Crippen molar-refractivity contribution in [1.29, 1.82) is 0 Å². The van der Waals surface area contributed by atoms with E-state index in [1.54, 1.807) is 12.1 Å². The van der Waals surface area contributed by atoms with E-state index in [1.807, 2.05) is 0 Å². The summed E-state index contributed by atoms with van der Waals surface area (Å²) in [5.41, 5.74) is 0.189. The number of amides is 1. The molecule has 5 heteroatoms. The highest BCUT2D eigenvalue weighted by atomic mass is 16.3. The molecule has 0 bridgehead atoms. The molecular formula is C12H11NO4. The van der Waals surface area contributed by atoms with Crippen molar-refractivity contribution >= 4 is 5.91 Å². The van der Waals surface area contributed by atoms with Gasteiger partial charge in [-0.1, -0.05) is 0 Å². The minimum atomic E-state index is -0.396. The number of benzene rings is 1. The van der Waals surface area contributed by atoms with Crippen LogP contribution in [0.2, 0.25) is 0 Å². The molecule has 2 rings (SSSR count). The fourth-order valence-electron chi connectivity index (χ4n) is 1.41. The minimum Gasteiger partial charge on any atom is -0.508 e. The van der Waals surface area contributed by atoms with Crippen LogP contribution in [-0.4, -0.2) is 16.1 Å². The Morgan fingerprint density at radius 3 is 2.53 bits per heavy atom. The van der Waals surface area contributed by atoms with Gasteiger partial charge in [0, 0.05) is 11.6 Å². The van der Waals surface area contributed by atoms with Crippen molar-refractivity contribution in [2.24, 2.45) is 0 Å². The van der Waals surface area contributed by atoms with E-state index in [4.69, 9.17) is 4.42 Å². The second-order valence-electron chi connectivity index (χ2n) is 3.50. The van der Waals surface area contributed by atoms with Crippen molar-refractivity contribution < 1.29 is 19.4 Å². The summed E-state index contributed by atoms with van der Waals surface area (Å²) in [6.07, 6.45) is 1.52. The summed E-state index contributed by atoms with van der Waals surface area (Å²) < 4.78 is 5.05. The molecule has 1 aromatic carbocycles. The molecule has 1 heterocycles. The highest BCUT2D eigenvalue weighted by Crippen LogP contribution is 2.20. The Balaban J connectivity index is 2.04. The number of phenolic OH excluding ortho intramolecular Hbond substituents is 2. The standard InChI is InChI=1S/C12H11NO4/c14-9-4-8(5-10(15)6-9)12(16)13-7-11-2-1-3-17-11/h1-6,14-15H,7H2,(H,13,16). The monoisotopic (exact) mass is 233 g/mol. The van der Waals surface area contributed by atoms with Crippen LogP contribution in [0.15, 0.2) is 41.0 Å². The summed E-state index contributed by atoms with van der Waals surface area (Å²) in [5, 5.41) is 21.1. The molecule has 0 spiro atoms.